The number of furan rings is 1. The standard InChI is InChI=1S/C12H10ClN3O/c13-11-4-3-10(17-11)12-15-7-9-8(6-14)2-1-5-16(9)12/h1-5,7H,6,14H2. The summed E-state index contributed by atoms with van der Waals surface area (Å²) in [6, 6.07) is 7.41. The van der Waals surface area contributed by atoms with E-state index >= 15 is 0 Å². The van der Waals surface area contributed by atoms with Gasteiger partial charge in [-0.25, -0.2) is 4.98 Å². The van der Waals surface area contributed by atoms with Crippen molar-refractivity contribution >= 4 is 17.1 Å². The van der Waals surface area contributed by atoms with E-state index in [4.69, 9.17) is 21.8 Å². The molecule has 0 aromatic carbocycles. The number of rotatable bonds is 2. The highest BCUT2D eigenvalue weighted by Gasteiger charge is 2.11. The summed E-state index contributed by atoms with van der Waals surface area (Å²) in [7, 11) is 0. The molecule has 0 fully saturated rings. The Morgan fingerprint density at radius 1 is 1.35 bits per heavy atom. The smallest absolute Gasteiger partial charge is 0.194 e. The predicted molar refractivity (Wildman–Crippen MR) is 65.8 cm³/mol. The molecule has 0 aliphatic carbocycles. The van der Waals surface area contributed by atoms with E-state index in [1.807, 2.05) is 22.7 Å². The van der Waals surface area contributed by atoms with Crippen molar-refractivity contribution < 1.29 is 4.42 Å². The number of pyridine rings is 1. The number of hydrogen-bond donors (Lipinski definition) is 1. The lowest BCUT2D eigenvalue weighted by Gasteiger charge is -2.01. The van der Waals surface area contributed by atoms with Crippen molar-refractivity contribution in [1.29, 1.82) is 0 Å². The summed E-state index contributed by atoms with van der Waals surface area (Å²) < 4.78 is 7.30. The summed E-state index contributed by atoms with van der Waals surface area (Å²) in [6.07, 6.45) is 3.71. The Bertz CT molecular complexity index is 671. The molecule has 0 aliphatic rings. The van der Waals surface area contributed by atoms with Crippen LogP contribution in [0.3, 0.4) is 0 Å². The average molecular weight is 248 g/mol. The van der Waals surface area contributed by atoms with Crippen molar-refractivity contribution in [3.8, 4) is 11.6 Å². The molecule has 3 aromatic heterocycles. The Hall–Kier alpha value is -1.78. The van der Waals surface area contributed by atoms with Gasteiger partial charge in [0.1, 0.15) is 0 Å². The van der Waals surface area contributed by atoms with Gasteiger partial charge in [0.05, 0.1) is 11.7 Å². The van der Waals surface area contributed by atoms with Crippen molar-refractivity contribution in [2.75, 3.05) is 0 Å². The number of aromatic nitrogens is 2. The molecule has 0 radical (unpaired) electrons. The highest BCUT2D eigenvalue weighted by Crippen LogP contribution is 2.25. The van der Waals surface area contributed by atoms with Crippen molar-refractivity contribution in [2.45, 2.75) is 6.54 Å². The molecule has 0 atom stereocenters. The molecule has 86 valence electrons. The fraction of sp³-hybridized carbons (Fsp3) is 0.0833. The highest BCUT2D eigenvalue weighted by atomic mass is 35.5. The molecular formula is C12H10ClN3O. The van der Waals surface area contributed by atoms with Crippen molar-refractivity contribution in [2.24, 2.45) is 5.73 Å². The second kappa shape index (κ2) is 3.91. The molecular weight excluding hydrogens is 238 g/mol. The van der Waals surface area contributed by atoms with E-state index in [1.54, 1.807) is 18.3 Å². The second-order valence-corrected chi connectivity index (χ2v) is 4.05. The van der Waals surface area contributed by atoms with Crippen LogP contribution in [-0.4, -0.2) is 9.38 Å². The summed E-state index contributed by atoms with van der Waals surface area (Å²) in [5.74, 6) is 1.37. The number of fused-ring (bicyclic) bond motifs is 1. The molecule has 5 heteroatoms. The van der Waals surface area contributed by atoms with E-state index in [0.29, 0.717) is 17.5 Å². The largest absolute Gasteiger partial charge is 0.441 e. The predicted octanol–water partition coefficient (Wildman–Crippen LogP) is 2.71. The van der Waals surface area contributed by atoms with E-state index in [-0.39, 0.29) is 0 Å². The molecule has 0 saturated heterocycles. The van der Waals surface area contributed by atoms with Crippen LogP contribution in [-0.2, 0) is 6.54 Å². The summed E-state index contributed by atoms with van der Waals surface area (Å²) >= 11 is 5.76. The third-order valence-electron chi connectivity index (χ3n) is 2.67. The van der Waals surface area contributed by atoms with Crippen molar-refractivity contribution in [3.63, 3.8) is 0 Å². The Morgan fingerprint density at radius 2 is 2.24 bits per heavy atom. The van der Waals surface area contributed by atoms with Crippen LogP contribution in [0.15, 0.2) is 41.1 Å². The zero-order valence-electron chi connectivity index (χ0n) is 8.93. The van der Waals surface area contributed by atoms with E-state index in [0.717, 1.165) is 16.9 Å². The summed E-state index contributed by atoms with van der Waals surface area (Å²) in [6.45, 7) is 0.481. The third kappa shape index (κ3) is 1.62. The maximum Gasteiger partial charge on any atom is 0.194 e. The van der Waals surface area contributed by atoms with E-state index in [2.05, 4.69) is 4.98 Å². The van der Waals surface area contributed by atoms with Crippen molar-refractivity contribution in [3.05, 3.63) is 47.4 Å². The minimum absolute atomic E-state index is 0.353. The molecule has 4 nitrogen and oxygen atoms in total. The molecule has 0 amide bonds. The van der Waals surface area contributed by atoms with Crippen LogP contribution < -0.4 is 5.73 Å². The first-order chi connectivity index (χ1) is 8.29. The lowest BCUT2D eigenvalue weighted by molar-refractivity contribution is 0.579. The quantitative estimate of drug-likeness (QED) is 0.758. The molecule has 17 heavy (non-hydrogen) atoms. The van der Waals surface area contributed by atoms with Gasteiger partial charge in [0.15, 0.2) is 16.8 Å². The van der Waals surface area contributed by atoms with Crippen molar-refractivity contribution in [1.82, 2.24) is 9.38 Å². The normalized spacial score (nSPS) is 11.2. The molecule has 0 spiro atoms. The van der Waals surface area contributed by atoms with Crippen LogP contribution >= 0.6 is 11.6 Å². The second-order valence-electron chi connectivity index (χ2n) is 3.68. The van der Waals surface area contributed by atoms with E-state index in [9.17, 15) is 0 Å². The first-order valence-corrected chi connectivity index (χ1v) is 5.58. The topological polar surface area (TPSA) is 56.5 Å². The number of halogens is 1. The molecule has 3 aromatic rings. The molecule has 0 aliphatic heterocycles. The number of hydrogen-bond acceptors (Lipinski definition) is 3. The highest BCUT2D eigenvalue weighted by molar-refractivity contribution is 6.28. The fourth-order valence-corrected chi connectivity index (χ4v) is 2.02. The molecule has 3 heterocycles. The summed E-state index contributed by atoms with van der Waals surface area (Å²) in [4.78, 5) is 4.34. The summed E-state index contributed by atoms with van der Waals surface area (Å²) in [5, 5.41) is 0.353. The molecule has 0 bridgehead atoms. The van der Waals surface area contributed by atoms with Crippen LogP contribution in [0.1, 0.15) is 5.56 Å². The van der Waals surface area contributed by atoms with E-state index < -0.39 is 0 Å². The first kappa shape index (κ1) is 10.4. The van der Waals surface area contributed by atoms with Gasteiger partial charge in [-0.05, 0) is 35.4 Å². The van der Waals surface area contributed by atoms with E-state index in [1.165, 1.54) is 0 Å². The first-order valence-electron chi connectivity index (χ1n) is 5.20. The van der Waals surface area contributed by atoms with Gasteiger partial charge in [-0.15, -0.1) is 0 Å². The zero-order chi connectivity index (χ0) is 11.8. The molecule has 0 saturated carbocycles. The minimum atomic E-state index is 0.353. The number of nitrogens with zero attached hydrogens (tertiary/aromatic N) is 2. The minimum Gasteiger partial charge on any atom is -0.441 e. The third-order valence-corrected chi connectivity index (χ3v) is 2.88. The monoisotopic (exact) mass is 247 g/mol. The Morgan fingerprint density at radius 3 is 2.94 bits per heavy atom. The van der Waals surface area contributed by atoms with Gasteiger partial charge in [-0.2, -0.15) is 0 Å². The number of imidazole rings is 1. The van der Waals surface area contributed by atoms with Crippen LogP contribution in [0.2, 0.25) is 5.22 Å². The van der Waals surface area contributed by atoms with Gasteiger partial charge in [-0.1, -0.05) is 6.07 Å². The SMILES string of the molecule is NCc1cccn2c(-c3ccc(Cl)o3)ncc12. The van der Waals surface area contributed by atoms with Crippen LogP contribution in [0.4, 0.5) is 0 Å². The van der Waals surface area contributed by atoms with Crippen LogP contribution in [0.25, 0.3) is 17.1 Å². The lowest BCUT2D eigenvalue weighted by Crippen LogP contribution is -1.99. The zero-order valence-corrected chi connectivity index (χ0v) is 9.69. The molecule has 2 N–H and O–H groups in total. The van der Waals surface area contributed by atoms with Gasteiger partial charge in [-0.3, -0.25) is 4.40 Å². The fourth-order valence-electron chi connectivity index (χ4n) is 1.87. The number of nitrogens with two attached hydrogens (primary N) is 1. The van der Waals surface area contributed by atoms with Crippen LogP contribution in [0, 0.1) is 0 Å². The summed E-state index contributed by atoms with van der Waals surface area (Å²) in [5.41, 5.74) is 7.71. The van der Waals surface area contributed by atoms with Gasteiger partial charge >= 0.3 is 0 Å². The lowest BCUT2D eigenvalue weighted by atomic mass is 10.2. The van der Waals surface area contributed by atoms with Crippen LogP contribution in [0.5, 0.6) is 0 Å². The Balaban J connectivity index is 2.25. The Kier molecular flexibility index (Phi) is 2.39. The maximum atomic E-state index is 5.76. The van der Waals surface area contributed by atoms with Gasteiger partial charge in [0, 0.05) is 12.7 Å². The van der Waals surface area contributed by atoms with Gasteiger partial charge in [0.25, 0.3) is 0 Å². The maximum absolute atomic E-state index is 5.76. The Labute approximate surface area is 103 Å². The van der Waals surface area contributed by atoms with Gasteiger partial charge < -0.3 is 10.2 Å². The average Bonchev–Trinajstić information content (AvgIpc) is 2.94. The van der Waals surface area contributed by atoms with Gasteiger partial charge in [0.2, 0.25) is 0 Å². The molecule has 3 rings (SSSR count). The molecule has 0 unspecified atom stereocenters.